The molecule has 3 N–H and O–H groups in total. The Labute approximate surface area is 164 Å². The minimum atomic E-state index is -0.464. The molecule has 3 rings (SSSR count). The molecule has 0 bridgehead atoms. The van der Waals surface area contributed by atoms with Crippen LogP contribution in [0.15, 0.2) is 54.7 Å². The van der Waals surface area contributed by atoms with Crippen LogP contribution in [0.2, 0.25) is 0 Å². The van der Waals surface area contributed by atoms with Crippen LogP contribution in [0.5, 0.6) is 0 Å². The summed E-state index contributed by atoms with van der Waals surface area (Å²) < 4.78 is 4.99. The molecule has 0 atom stereocenters. The normalized spacial score (nSPS) is 11.2. The topological polar surface area (TPSA) is 83.2 Å². The minimum Gasteiger partial charge on any atom is -0.462 e. The van der Waals surface area contributed by atoms with E-state index in [4.69, 9.17) is 4.74 Å². The largest absolute Gasteiger partial charge is 0.462 e. The highest BCUT2D eigenvalue weighted by Crippen LogP contribution is 2.22. The van der Waals surface area contributed by atoms with Gasteiger partial charge < -0.3 is 20.4 Å². The van der Waals surface area contributed by atoms with Crippen LogP contribution >= 0.6 is 0 Å². The molecule has 0 aliphatic rings. The molecule has 0 aliphatic carbocycles. The van der Waals surface area contributed by atoms with Gasteiger partial charge >= 0.3 is 12.0 Å². The molecule has 0 saturated carbocycles. The van der Waals surface area contributed by atoms with E-state index in [1.165, 1.54) is 0 Å². The fourth-order valence-electron chi connectivity index (χ4n) is 3.21. The lowest BCUT2D eigenvalue weighted by molar-refractivity contribution is 0.0526. The van der Waals surface area contributed by atoms with Gasteiger partial charge in [0.25, 0.3) is 0 Å². The number of carbonyl (C=O) groups is 2. The maximum atomic E-state index is 12.5. The number of fused-ring (bicyclic) bond motifs is 1. The fourth-order valence-corrected chi connectivity index (χ4v) is 3.21. The van der Waals surface area contributed by atoms with Gasteiger partial charge in [0.15, 0.2) is 0 Å². The molecule has 0 radical (unpaired) electrons. The van der Waals surface area contributed by atoms with Crippen LogP contribution < -0.4 is 10.6 Å². The summed E-state index contributed by atoms with van der Waals surface area (Å²) in [7, 11) is 0. The second-order valence-electron chi connectivity index (χ2n) is 7.30. The summed E-state index contributed by atoms with van der Waals surface area (Å²) in [6, 6.07) is 14.5. The van der Waals surface area contributed by atoms with E-state index in [-0.39, 0.29) is 6.03 Å². The highest BCUT2D eigenvalue weighted by atomic mass is 16.5. The Kier molecular flexibility index (Phi) is 5.68. The quantitative estimate of drug-likeness (QED) is 0.552. The number of esters is 1. The molecule has 0 fully saturated rings. The molecule has 0 spiro atoms. The number of rotatable bonds is 6. The highest BCUT2D eigenvalue weighted by Gasteiger charge is 2.22. The summed E-state index contributed by atoms with van der Waals surface area (Å²) in [5, 5.41) is 6.94. The van der Waals surface area contributed by atoms with Crippen LogP contribution in [0.3, 0.4) is 0 Å². The summed E-state index contributed by atoms with van der Waals surface area (Å²) in [4.78, 5) is 27.6. The van der Waals surface area contributed by atoms with E-state index < -0.39 is 11.5 Å². The third-order valence-electron chi connectivity index (χ3n) is 4.39. The van der Waals surface area contributed by atoms with Crippen molar-refractivity contribution >= 4 is 28.6 Å². The van der Waals surface area contributed by atoms with Gasteiger partial charge in [0.1, 0.15) is 0 Å². The molecule has 6 nitrogen and oxygen atoms in total. The second-order valence-corrected chi connectivity index (χ2v) is 7.30. The SMILES string of the molecule is CCOC(=O)c1cccc(NC(=O)NC(C)(C)Cc2c[nH]c3ccccc23)c1. The van der Waals surface area contributed by atoms with Gasteiger partial charge in [-0.25, -0.2) is 9.59 Å². The summed E-state index contributed by atoms with van der Waals surface area (Å²) in [6.45, 7) is 6.01. The number of carbonyl (C=O) groups excluding carboxylic acids is 2. The van der Waals surface area contributed by atoms with Crippen molar-refractivity contribution in [2.75, 3.05) is 11.9 Å². The first-order valence-corrected chi connectivity index (χ1v) is 9.29. The predicted octanol–water partition coefficient (Wildman–Crippen LogP) is 4.49. The Hall–Kier alpha value is -3.28. The third kappa shape index (κ3) is 4.71. The van der Waals surface area contributed by atoms with Gasteiger partial charge in [-0.2, -0.15) is 0 Å². The van der Waals surface area contributed by atoms with E-state index in [0.29, 0.717) is 24.3 Å². The average Bonchev–Trinajstić information content (AvgIpc) is 3.04. The van der Waals surface area contributed by atoms with Gasteiger partial charge in [-0.15, -0.1) is 0 Å². The van der Waals surface area contributed by atoms with E-state index >= 15 is 0 Å². The van der Waals surface area contributed by atoms with E-state index in [0.717, 1.165) is 16.5 Å². The summed E-state index contributed by atoms with van der Waals surface area (Å²) in [5.74, 6) is -0.411. The van der Waals surface area contributed by atoms with Crippen LogP contribution in [0.4, 0.5) is 10.5 Å². The number of hydrogen-bond donors (Lipinski definition) is 3. The maximum absolute atomic E-state index is 12.5. The van der Waals surface area contributed by atoms with Gasteiger partial charge in [-0.3, -0.25) is 0 Å². The van der Waals surface area contributed by atoms with E-state index in [1.807, 2.05) is 38.2 Å². The highest BCUT2D eigenvalue weighted by molar-refractivity contribution is 5.94. The van der Waals surface area contributed by atoms with Crippen LogP contribution in [0, 0.1) is 0 Å². The number of nitrogens with one attached hydrogen (secondary N) is 3. The Morgan fingerprint density at radius 2 is 1.89 bits per heavy atom. The molecule has 28 heavy (non-hydrogen) atoms. The molecule has 2 amide bonds. The molecule has 2 aromatic carbocycles. The molecule has 0 unspecified atom stereocenters. The Morgan fingerprint density at radius 3 is 2.68 bits per heavy atom. The molecular weight excluding hydrogens is 354 g/mol. The first-order valence-electron chi connectivity index (χ1n) is 9.29. The number of aromatic nitrogens is 1. The van der Waals surface area contributed by atoms with Crippen LogP contribution in [0.1, 0.15) is 36.7 Å². The number of benzene rings is 2. The van der Waals surface area contributed by atoms with Crippen molar-refractivity contribution in [2.45, 2.75) is 32.7 Å². The molecule has 1 heterocycles. The van der Waals surface area contributed by atoms with E-state index in [1.54, 1.807) is 31.2 Å². The predicted molar refractivity (Wildman–Crippen MR) is 111 cm³/mol. The molecule has 146 valence electrons. The standard InChI is InChI=1S/C22H25N3O3/c1-4-28-20(26)15-8-7-9-17(12-15)24-21(27)25-22(2,3)13-16-14-23-19-11-6-5-10-18(16)19/h5-12,14,23H,4,13H2,1-3H3,(H2,24,25,27). The van der Waals surface area contributed by atoms with Crippen molar-refractivity contribution in [2.24, 2.45) is 0 Å². The number of H-pyrrole nitrogens is 1. The Morgan fingerprint density at radius 1 is 1.11 bits per heavy atom. The van der Waals surface area contributed by atoms with Crippen molar-refractivity contribution in [1.82, 2.24) is 10.3 Å². The molecular formula is C22H25N3O3. The lowest BCUT2D eigenvalue weighted by atomic mass is 9.95. The molecule has 3 aromatic rings. The summed E-state index contributed by atoms with van der Waals surface area (Å²) in [6.07, 6.45) is 2.65. The number of para-hydroxylation sites is 1. The number of urea groups is 1. The van der Waals surface area contributed by atoms with Gasteiger partial charge in [0.2, 0.25) is 0 Å². The Balaban J connectivity index is 1.65. The molecule has 0 aliphatic heterocycles. The smallest absolute Gasteiger partial charge is 0.338 e. The van der Waals surface area contributed by atoms with Gasteiger partial charge in [0, 0.05) is 28.3 Å². The first kappa shape index (κ1) is 19.5. The molecule has 6 heteroatoms. The monoisotopic (exact) mass is 379 g/mol. The van der Waals surface area contributed by atoms with Crippen LogP contribution in [0.25, 0.3) is 10.9 Å². The zero-order valence-electron chi connectivity index (χ0n) is 16.3. The van der Waals surface area contributed by atoms with Crippen molar-refractivity contribution in [1.29, 1.82) is 0 Å². The lowest BCUT2D eigenvalue weighted by Crippen LogP contribution is -2.47. The Bertz CT molecular complexity index is 991. The molecule has 1 aromatic heterocycles. The number of aromatic amines is 1. The van der Waals surface area contributed by atoms with Crippen molar-refractivity contribution in [3.8, 4) is 0 Å². The van der Waals surface area contributed by atoms with E-state index in [9.17, 15) is 9.59 Å². The van der Waals surface area contributed by atoms with Gasteiger partial charge in [0.05, 0.1) is 12.2 Å². The minimum absolute atomic E-state index is 0.305. The second kappa shape index (κ2) is 8.17. The summed E-state index contributed by atoms with van der Waals surface area (Å²) in [5.41, 5.74) is 2.69. The maximum Gasteiger partial charge on any atom is 0.338 e. The average molecular weight is 379 g/mol. The van der Waals surface area contributed by atoms with Crippen molar-refractivity contribution in [3.63, 3.8) is 0 Å². The third-order valence-corrected chi connectivity index (χ3v) is 4.39. The van der Waals surface area contributed by atoms with Crippen LogP contribution in [-0.4, -0.2) is 29.1 Å². The number of amides is 2. The van der Waals surface area contributed by atoms with Gasteiger partial charge in [-0.1, -0.05) is 24.3 Å². The fraction of sp³-hybridized carbons (Fsp3) is 0.273. The van der Waals surface area contributed by atoms with Crippen LogP contribution in [-0.2, 0) is 11.2 Å². The molecule has 0 saturated heterocycles. The van der Waals surface area contributed by atoms with Crippen molar-refractivity contribution < 1.29 is 14.3 Å². The lowest BCUT2D eigenvalue weighted by Gasteiger charge is -2.26. The summed E-state index contributed by atoms with van der Waals surface area (Å²) >= 11 is 0. The zero-order valence-corrected chi connectivity index (χ0v) is 16.3. The van der Waals surface area contributed by atoms with Gasteiger partial charge in [-0.05, 0) is 57.0 Å². The first-order chi connectivity index (χ1) is 13.4. The van der Waals surface area contributed by atoms with E-state index in [2.05, 4.69) is 21.7 Å². The number of anilines is 1. The number of ether oxygens (including phenoxy) is 1. The zero-order chi connectivity index (χ0) is 20.1. The number of hydrogen-bond acceptors (Lipinski definition) is 3. The van der Waals surface area contributed by atoms with Crippen molar-refractivity contribution in [3.05, 3.63) is 65.9 Å².